The van der Waals surface area contributed by atoms with E-state index in [0.717, 1.165) is 23.9 Å². The quantitative estimate of drug-likeness (QED) is 0.257. The molecule has 0 aliphatic rings. The fourth-order valence-electron chi connectivity index (χ4n) is 2.22. The van der Waals surface area contributed by atoms with Crippen molar-refractivity contribution in [3.05, 3.63) is 0 Å². The fraction of sp³-hybridized carbons (Fsp3) is 0.895. The van der Waals surface area contributed by atoms with E-state index in [2.05, 4.69) is 12.2 Å². The fourth-order valence-corrected chi connectivity index (χ4v) is 4.64. The molecule has 5 nitrogen and oxygen atoms in total. The Morgan fingerprint density at radius 1 is 1.04 bits per heavy atom. The van der Waals surface area contributed by atoms with E-state index < -0.39 is 15.8 Å². The second kappa shape index (κ2) is 12.9. The van der Waals surface area contributed by atoms with Crippen molar-refractivity contribution in [1.82, 2.24) is 5.32 Å². The molecule has 154 valence electrons. The maximum absolute atomic E-state index is 12.3. The molecule has 0 saturated carbocycles. The minimum atomic E-state index is -0.646. The zero-order valence-electron chi connectivity index (χ0n) is 17.5. The zero-order chi connectivity index (χ0) is 20.2. The van der Waals surface area contributed by atoms with E-state index in [1.54, 1.807) is 25.6 Å². The topological polar surface area (TPSA) is 64.6 Å². The summed E-state index contributed by atoms with van der Waals surface area (Å²) in [4.78, 5) is 24.3. The van der Waals surface area contributed by atoms with E-state index in [0.29, 0.717) is 6.61 Å². The number of esters is 1. The van der Waals surface area contributed by atoms with E-state index in [1.165, 1.54) is 25.7 Å². The zero-order valence-corrected chi connectivity index (χ0v) is 19.1. The third-order valence-electron chi connectivity index (χ3n) is 3.40. The number of hydrogen-bond donors (Lipinski definition) is 1. The molecular formula is C19H37NO4S2. The van der Waals surface area contributed by atoms with Crippen LogP contribution in [0.25, 0.3) is 0 Å². The minimum Gasteiger partial charge on any atom is -0.459 e. The summed E-state index contributed by atoms with van der Waals surface area (Å²) >= 11 is 2.73. The average Bonchev–Trinajstić information content (AvgIpc) is 2.49. The first kappa shape index (κ1) is 25.6. The van der Waals surface area contributed by atoms with Crippen LogP contribution in [0.4, 0.5) is 4.79 Å². The lowest BCUT2D eigenvalue weighted by atomic mass is 10.2. The first-order chi connectivity index (χ1) is 12.0. The number of unbranched alkanes of at least 4 members (excludes halogenated alkanes) is 4. The molecule has 1 N–H and O–H groups in total. The van der Waals surface area contributed by atoms with Crippen molar-refractivity contribution in [1.29, 1.82) is 0 Å². The minimum absolute atomic E-state index is 0.322. The van der Waals surface area contributed by atoms with Crippen LogP contribution in [0.3, 0.4) is 0 Å². The predicted molar refractivity (Wildman–Crippen MR) is 113 cm³/mol. The molecule has 0 saturated heterocycles. The van der Waals surface area contributed by atoms with Crippen LogP contribution in [-0.4, -0.2) is 39.5 Å². The van der Waals surface area contributed by atoms with Gasteiger partial charge in [-0.3, -0.25) is 10.1 Å². The van der Waals surface area contributed by atoms with Crippen LogP contribution in [-0.2, 0) is 14.3 Å². The second-order valence-electron chi connectivity index (χ2n) is 7.39. The first-order valence-electron chi connectivity index (χ1n) is 9.53. The summed E-state index contributed by atoms with van der Waals surface area (Å²) in [5, 5.41) is 2.92. The summed E-state index contributed by atoms with van der Waals surface area (Å²) in [7, 11) is 0. The van der Waals surface area contributed by atoms with Gasteiger partial charge < -0.3 is 9.47 Å². The highest BCUT2D eigenvalue weighted by Gasteiger charge is 2.34. The largest absolute Gasteiger partial charge is 0.459 e. The number of rotatable bonds is 12. The van der Waals surface area contributed by atoms with E-state index in [9.17, 15) is 9.59 Å². The maximum atomic E-state index is 12.3. The molecular weight excluding hydrogens is 370 g/mol. The van der Waals surface area contributed by atoms with Gasteiger partial charge in [-0.05, 0) is 65.5 Å². The van der Waals surface area contributed by atoms with Gasteiger partial charge >= 0.3 is 11.3 Å². The predicted octanol–water partition coefficient (Wildman–Crippen LogP) is 5.57. The Bertz CT molecular complexity index is 426. The van der Waals surface area contributed by atoms with Crippen LogP contribution in [0.5, 0.6) is 0 Å². The highest BCUT2D eigenvalue weighted by atomic mass is 32.2. The Morgan fingerprint density at radius 2 is 1.65 bits per heavy atom. The van der Waals surface area contributed by atoms with Gasteiger partial charge in [-0.15, -0.1) is 11.8 Å². The Labute approximate surface area is 168 Å². The molecule has 0 aliphatic heterocycles. The number of carbonyl (C=O) groups is 2. The second-order valence-corrected chi connectivity index (χ2v) is 10.5. The van der Waals surface area contributed by atoms with E-state index >= 15 is 0 Å². The van der Waals surface area contributed by atoms with Gasteiger partial charge in [0, 0.05) is 0 Å². The molecule has 0 fully saturated rings. The highest BCUT2D eigenvalue weighted by molar-refractivity contribution is 8.25. The number of thioether (sulfide) groups is 2. The Balaban J connectivity index is 4.75. The first-order valence-corrected chi connectivity index (χ1v) is 11.3. The molecule has 0 heterocycles. The van der Waals surface area contributed by atoms with E-state index in [-0.39, 0.29) is 11.3 Å². The van der Waals surface area contributed by atoms with Gasteiger partial charge in [0.25, 0.3) is 0 Å². The van der Waals surface area contributed by atoms with Gasteiger partial charge in [0.1, 0.15) is 15.8 Å². The molecule has 0 rings (SSSR count). The molecule has 26 heavy (non-hydrogen) atoms. The summed E-state index contributed by atoms with van der Waals surface area (Å²) in [5.74, 6) is 0.595. The van der Waals surface area contributed by atoms with E-state index in [1.807, 2.05) is 27.7 Å². The molecule has 0 bridgehead atoms. The Kier molecular flexibility index (Phi) is 12.7. The molecule has 0 aromatic rings. The van der Waals surface area contributed by atoms with Crippen molar-refractivity contribution in [2.75, 3.05) is 12.4 Å². The van der Waals surface area contributed by atoms with Gasteiger partial charge in [0.2, 0.25) is 0 Å². The Hall–Kier alpha value is -0.400. The monoisotopic (exact) mass is 407 g/mol. The molecule has 0 aliphatic carbocycles. The van der Waals surface area contributed by atoms with Crippen molar-refractivity contribution in [3.8, 4) is 0 Å². The van der Waals surface area contributed by atoms with Crippen LogP contribution in [0.1, 0.15) is 80.6 Å². The van der Waals surface area contributed by atoms with Crippen molar-refractivity contribution < 1.29 is 19.1 Å². The number of carbonyl (C=O) groups excluding carboxylic acids is 2. The molecule has 0 aromatic heterocycles. The molecule has 0 radical (unpaired) electrons. The summed E-state index contributed by atoms with van der Waals surface area (Å²) in [6.45, 7) is 13.5. The van der Waals surface area contributed by atoms with Crippen molar-refractivity contribution >= 4 is 34.8 Å². The highest BCUT2D eigenvalue weighted by Crippen LogP contribution is 2.37. The van der Waals surface area contributed by atoms with Crippen LogP contribution in [0, 0.1) is 0 Å². The standard InChI is InChI=1S/C19H37NO4S2/c1-8-10-11-12-13-14-25-19(7,26-17(22)23-9-2)20-15(3)16(21)24-18(4,5)6/h15,20H,8-14H2,1-7H3/t15?,19-/m1/s1. The third kappa shape index (κ3) is 12.9. The molecule has 2 atom stereocenters. The van der Waals surface area contributed by atoms with Gasteiger partial charge in [-0.1, -0.05) is 32.6 Å². The lowest BCUT2D eigenvalue weighted by molar-refractivity contribution is -0.157. The number of hydrogen-bond acceptors (Lipinski definition) is 7. The van der Waals surface area contributed by atoms with Crippen molar-refractivity contribution in [2.45, 2.75) is 96.4 Å². The number of ether oxygens (including phenoxy) is 2. The molecule has 0 aromatic carbocycles. The summed E-state index contributed by atoms with van der Waals surface area (Å²) in [6.07, 6.45) is 5.99. The van der Waals surface area contributed by atoms with Crippen molar-refractivity contribution in [3.63, 3.8) is 0 Å². The normalized spacial score (nSPS) is 15.2. The van der Waals surface area contributed by atoms with Gasteiger partial charge in [0.05, 0.1) is 6.61 Å². The summed E-state index contributed by atoms with van der Waals surface area (Å²) < 4.78 is 9.86. The van der Waals surface area contributed by atoms with Gasteiger partial charge in [0.15, 0.2) is 0 Å². The van der Waals surface area contributed by atoms with Gasteiger partial charge in [-0.25, -0.2) is 4.79 Å². The lowest BCUT2D eigenvalue weighted by Gasteiger charge is -2.32. The van der Waals surface area contributed by atoms with Crippen LogP contribution >= 0.6 is 23.5 Å². The smallest absolute Gasteiger partial charge is 0.369 e. The third-order valence-corrected chi connectivity index (χ3v) is 5.96. The summed E-state index contributed by atoms with van der Waals surface area (Å²) in [6, 6.07) is -0.520. The molecule has 7 heteroatoms. The number of nitrogens with one attached hydrogen (secondary N) is 1. The molecule has 0 amide bonds. The van der Waals surface area contributed by atoms with E-state index in [4.69, 9.17) is 9.47 Å². The summed E-state index contributed by atoms with van der Waals surface area (Å²) in [5.41, 5.74) is -0.538. The van der Waals surface area contributed by atoms with Crippen LogP contribution in [0.2, 0.25) is 0 Å². The molecule has 1 unspecified atom stereocenters. The molecule has 0 spiro atoms. The van der Waals surface area contributed by atoms with Crippen LogP contribution in [0.15, 0.2) is 0 Å². The van der Waals surface area contributed by atoms with Crippen molar-refractivity contribution in [2.24, 2.45) is 0 Å². The maximum Gasteiger partial charge on any atom is 0.369 e. The SMILES string of the molecule is CCCCCCCS[C@@](C)(NC(C)C(=O)OC(C)(C)C)SC(=O)OCC. The Morgan fingerprint density at radius 3 is 2.19 bits per heavy atom. The average molecular weight is 408 g/mol. The lowest BCUT2D eigenvalue weighted by Crippen LogP contribution is -2.48. The van der Waals surface area contributed by atoms with Gasteiger partial charge in [-0.2, -0.15) is 0 Å². The van der Waals surface area contributed by atoms with Crippen LogP contribution < -0.4 is 5.32 Å².